The predicted octanol–water partition coefficient (Wildman–Crippen LogP) is 1.65. The van der Waals surface area contributed by atoms with Crippen LogP contribution >= 0.6 is 0 Å². The summed E-state index contributed by atoms with van der Waals surface area (Å²) in [6.07, 6.45) is 2.03. The molecule has 3 aromatic heterocycles. The molecule has 0 saturated carbocycles. The minimum atomic E-state index is 0.601. The number of anilines is 1. The van der Waals surface area contributed by atoms with E-state index in [4.69, 9.17) is 24.7 Å². The molecule has 4 aromatic rings. The highest BCUT2D eigenvalue weighted by Crippen LogP contribution is 2.30. The smallest absolute Gasteiger partial charge is 0.239 e. The van der Waals surface area contributed by atoms with Gasteiger partial charge in [0.2, 0.25) is 5.95 Å². The van der Waals surface area contributed by atoms with Crippen molar-refractivity contribution in [2.24, 2.45) is 7.05 Å². The molecule has 0 spiro atoms. The van der Waals surface area contributed by atoms with Crippen LogP contribution in [0.2, 0.25) is 0 Å². The normalized spacial score (nSPS) is 22.7. The Balaban J connectivity index is 1.39. The van der Waals surface area contributed by atoms with Crippen molar-refractivity contribution in [1.82, 2.24) is 39.3 Å². The lowest BCUT2D eigenvalue weighted by molar-refractivity contribution is 0.122. The van der Waals surface area contributed by atoms with Crippen molar-refractivity contribution in [3.63, 3.8) is 0 Å². The summed E-state index contributed by atoms with van der Waals surface area (Å²) in [5.41, 5.74) is 3.73. The highest BCUT2D eigenvalue weighted by atomic mass is 16.5. The lowest BCUT2D eigenvalue weighted by Gasteiger charge is -2.28. The molecule has 2 atom stereocenters. The Morgan fingerprint density at radius 3 is 2.69 bits per heavy atom. The molecule has 0 unspecified atom stereocenters. The Labute approximate surface area is 203 Å². The summed E-state index contributed by atoms with van der Waals surface area (Å²) < 4.78 is 9.91. The van der Waals surface area contributed by atoms with Crippen molar-refractivity contribution >= 4 is 28.0 Å². The Morgan fingerprint density at radius 2 is 1.91 bits per heavy atom. The number of hydrogen-bond donors (Lipinski definition) is 1. The second-order valence-electron chi connectivity index (χ2n) is 9.84. The summed E-state index contributed by atoms with van der Waals surface area (Å²) in [5.74, 6) is 3.55. The van der Waals surface area contributed by atoms with Crippen LogP contribution in [0.15, 0.2) is 24.3 Å². The van der Waals surface area contributed by atoms with Crippen molar-refractivity contribution in [2.45, 2.75) is 38.4 Å². The average Bonchev–Trinajstić information content (AvgIpc) is 3.67. The number of ether oxygens (including phenoxy) is 1. The Hall–Kier alpha value is -3.08. The number of aromatic nitrogens is 6. The quantitative estimate of drug-likeness (QED) is 0.468. The summed E-state index contributed by atoms with van der Waals surface area (Å²) in [6.45, 7) is 8.10. The molecule has 10 nitrogen and oxygen atoms in total. The van der Waals surface area contributed by atoms with E-state index in [1.807, 2.05) is 18.2 Å². The van der Waals surface area contributed by atoms with Gasteiger partial charge in [0.15, 0.2) is 17.0 Å². The van der Waals surface area contributed by atoms with Gasteiger partial charge in [-0.15, -0.1) is 0 Å². The highest BCUT2D eigenvalue weighted by Gasteiger charge is 2.38. The van der Waals surface area contributed by atoms with Gasteiger partial charge in [-0.1, -0.05) is 19.1 Å². The molecule has 1 aromatic carbocycles. The van der Waals surface area contributed by atoms with Gasteiger partial charge in [-0.25, -0.2) is 9.97 Å². The molecule has 3 fully saturated rings. The van der Waals surface area contributed by atoms with E-state index >= 15 is 0 Å². The number of benzene rings is 1. The van der Waals surface area contributed by atoms with E-state index in [1.165, 1.54) is 6.42 Å². The Bertz CT molecular complexity index is 1400. The van der Waals surface area contributed by atoms with Gasteiger partial charge in [-0.2, -0.15) is 9.97 Å². The third-order valence-electron chi connectivity index (χ3n) is 7.75. The number of para-hydroxylation sites is 2. The number of likely N-dealkylation sites (tertiary alicyclic amines) is 1. The van der Waals surface area contributed by atoms with Crippen molar-refractivity contribution < 1.29 is 4.74 Å². The van der Waals surface area contributed by atoms with E-state index < -0.39 is 0 Å². The van der Waals surface area contributed by atoms with E-state index in [0.717, 1.165) is 78.8 Å². The number of fused-ring (bicyclic) bond motifs is 4. The SMILES string of the molecule is CCc1nc2ccccc2n1-c1nc(N2CCOCC2)c2nc(CN3C[C@H]4C[C@@H]3CN4)n(C)c2n1. The number of nitrogens with one attached hydrogen (secondary N) is 1. The van der Waals surface area contributed by atoms with Gasteiger partial charge in [0.05, 0.1) is 30.8 Å². The zero-order valence-electron chi connectivity index (χ0n) is 20.3. The maximum absolute atomic E-state index is 5.64. The first-order valence-electron chi connectivity index (χ1n) is 12.7. The zero-order valence-corrected chi connectivity index (χ0v) is 20.3. The Morgan fingerprint density at radius 1 is 1.06 bits per heavy atom. The topological polar surface area (TPSA) is 89.2 Å². The van der Waals surface area contributed by atoms with Crippen LogP contribution < -0.4 is 10.2 Å². The van der Waals surface area contributed by atoms with Gasteiger partial charge in [0, 0.05) is 51.7 Å². The fraction of sp³-hybridized carbons (Fsp3) is 0.520. The van der Waals surface area contributed by atoms with Crippen molar-refractivity contribution in [3.8, 4) is 5.95 Å². The van der Waals surface area contributed by atoms with Crippen LogP contribution in [0.3, 0.4) is 0 Å². The molecule has 0 radical (unpaired) electrons. The van der Waals surface area contributed by atoms with E-state index in [1.54, 1.807) is 0 Å². The fourth-order valence-corrected chi connectivity index (χ4v) is 5.88. The van der Waals surface area contributed by atoms with Gasteiger partial charge >= 0.3 is 0 Å². The lowest BCUT2D eigenvalue weighted by Crippen LogP contribution is -2.43. The molecule has 2 bridgehead atoms. The molecule has 0 amide bonds. The zero-order chi connectivity index (χ0) is 23.5. The summed E-state index contributed by atoms with van der Waals surface area (Å²) >= 11 is 0. The van der Waals surface area contributed by atoms with Crippen LogP contribution in [0, 0.1) is 0 Å². The van der Waals surface area contributed by atoms with Crippen LogP contribution in [-0.4, -0.2) is 85.4 Å². The highest BCUT2D eigenvalue weighted by molar-refractivity contribution is 5.86. The molecular weight excluding hydrogens is 442 g/mol. The third-order valence-corrected chi connectivity index (χ3v) is 7.75. The summed E-state index contributed by atoms with van der Waals surface area (Å²) in [5, 5.41) is 3.60. The van der Waals surface area contributed by atoms with Gasteiger partial charge in [0.1, 0.15) is 11.6 Å². The van der Waals surface area contributed by atoms with Crippen molar-refractivity contribution in [3.05, 3.63) is 35.9 Å². The number of morpholine rings is 1. The molecule has 3 saturated heterocycles. The summed E-state index contributed by atoms with van der Waals surface area (Å²) in [7, 11) is 2.09. The number of rotatable bonds is 5. The Kier molecular flexibility index (Phi) is 5.00. The molecule has 7 rings (SSSR count). The first-order valence-corrected chi connectivity index (χ1v) is 12.7. The van der Waals surface area contributed by atoms with Crippen LogP contribution in [-0.2, 0) is 24.8 Å². The molecule has 182 valence electrons. The molecule has 3 aliphatic heterocycles. The van der Waals surface area contributed by atoms with E-state index in [9.17, 15) is 0 Å². The van der Waals surface area contributed by atoms with Gasteiger partial charge in [-0.3, -0.25) is 9.47 Å². The molecule has 3 aliphatic rings. The number of aryl methyl sites for hydroxylation is 2. The van der Waals surface area contributed by atoms with Crippen LogP contribution in [0.4, 0.5) is 5.82 Å². The van der Waals surface area contributed by atoms with E-state index in [2.05, 4.69) is 44.3 Å². The second kappa shape index (κ2) is 8.25. The number of imidazole rings is 2. The van der Waals surface area contributed by atoms with Gasteiger partial charge in [0.25, 0.3) is 0 Å². The maximum atomic E-state index is 5.64. The fourth-order valence-electron chi connectivity index (χ4n) is 5.88. The van der Waals surface area contributed by atoms with Crippen LogP contribution in [0.25, 0.3) is 28.1 Å². The molecule has 10 heteroatoms. The van der Waals surface area contributed by atoms with Crippen molar-refractivity contribution in [2.75, 3.05) is 44.3 Å². The minimum Gasteiger partial charge on any atom is -0.378 e. The molecule has 6 heterocycles. The molecule has 35 heavy (non-hydrogen) atoms. The van der Waals surface area contributed by atoms with Gasteiger partial charge in [-0.05, 0) is 18.6 Å². The average molecular weight is 474 g/mol. The number of nitrogens with zero attached hydrogens (tertiary/aromatic N) is 8. The minimum absolute atomic E-state index is 0.601. The first-order chi connectivity index (χ1) is 17.2. The maximum Gasteiger partial charge on any atom is 0.239 e. The van der Waals surface area contributed by atoms with Crippen molar-refractivity contribution in [1.29, 1.82) is 0 Å². The van der Waals surface area contributed by atoms with Crippen LogP contribution in [0.5, 0.6) is 0 Å². The van der Waals surface area contributed by atoms with Crippen LogP contribution in [0.1, 0.15) is 25.0 Å². The third kappa shape index (κ3) is 3.42. The monoisotopic (exact) mass is 473 g/mol. The second-order valence-corrected chi connectivity index (χ2v) is 9.84. The van der Waals surface area contributed by atoms with E-state index in [0.29, 0.717) is 31.2 Å². The summed E-state index contributed by atoms with van der Waals surface area (Å²) in [6, 6.07) is 9.43. The summed E-state index contributed by atoms with van der Waals surface area (Å²) in [4.78, 5) is 25.1. The largest absolute Gasteiger partial charge is 0.378 e. The standard InChI is InChI=1S/C25H31N9O/c1-3-20-27-18-6-4-5-7-19(18)34(20)25-29-23-22(24(30-25)32-8-10-35-11-9-32)28-21(31(23)2)15-33-14-16-12-17(33)13-26-16/h4-7,16-17,26H,3,8-15H2,1-2H3/t16-,17-/m1/s1. The molecular formula is C25H31N9O. The predicted molar refractivity (Wildman–Crippen MR) is 134 cm³/mol. The van der Waals surface area contributed by atoms with E-state index in [-0.39, 0.29) is 0 Å². The number of piperazine rings is 1. The number of hydrogen-bond acceptors (Lipinski definition) is 8. The van der Waals surface area contributed by atoms with Gasteiger partial charge < -0.3 is 19.5 Å². The molecule has 1 N–H and O–H groups in total. The lowest BCUT2D eigenvalue weighted by atomic mass is 10.2. The molecule has 0 aliphatic carbocycles. The first kappa shape index (κ1) is 21.2.